The standard InChI is InChI=1S/C42H78O4/c1-6-8-10-12-14-16-18-20-22-24-26-28-30-32-34-36-39(38-41(44)46-42(3,4)5)45-40(43)37-35-33-31-29-27-25-23-21-19-17-15-13-11-9-7-2/h20-23,39H,6-19,24-38H2,1-5H3/b22-20+,23-21+. The van der Waals surface area contributed by atoms with Crippen molar-refractivity contribution in [1.82, 2.24) is 0 Å². The van der Waals surface area contributed by atoms with Gasteiger partial charge in [-0.2, -0.15) is 0 Å². The largest absolute Gasteiger partial charge is 0.462 e. The van der Waals surface area contributed by atoms with Crippen LogP contribution in [-0.4, -0.2) is 23.6 Å². The summed E-state index contributed by atoms with van der Waals surface area (Å²) in [5.41, 5.74) is -0.529. The minimum atomic E-state index is -0.529. The van der Waals surface area contributed by atoms with Crippen LogP contribution in [0.5, 0.6) is 0 Å². The predicted octanol–water partition coefficient (Wildman–Crippen LogP) is 13.7. The van der Waals surface area contributed by atoms with Crippen LogP contribution >= 0.6 is 0 Å². The van der Waals surface area contributed by atoms with Crippen molar-refractivity contribution >= 4 is 11.9 Å². The van der Waals surface area contributed by atoms with Gasteiger partial charge in [-0.25, -0.2) is 0 Å². The monoisotopic (exact) mass is 647 g/mol. The van der Waals surface area contributed by atoms with E-state index < -0.39 is 5.60 Å². The molecule has 4 nitrogen and oxygen atoms in total. The molecule has 0 radical (unpaired) electrons. The van der Waals surface area contributed by atoms with Crippen LogP contribution < -0.4 is 0 Å². The molecule has 1 atom stereocenters. The molecule has 0 aliphatic heterocycles. The third kappa shape index (κ3) is 35.3. The number of hydrogen-bond donors (Lipinski definition) is 0. The molecule has 0 saturated carbocycles. The summed E-state index contributed by atoms with van der Waals surface area (Å²) >= 11 is 0. The van der Waals surface area contributed by atoms with Gasteiger partial charge in [0.05, 0.1) is 6.42 Å². The second kappa shape index (κ2) is 33.3. The molecular formula is C42H78O4. The fourth-order valence-electron chi connectivity index (χ4n) is 5.80. The van der Waals surface area contributed by atoms with Gasteiger partial charge in [0, 0.05) is 6.42 Å². The highest BCUT2D eigenvalue weighted by Crippen LogP contribution is 2.18. The van der Waals surface area contributed by atoms with Crippen molar-refractivity contribution in [2.45, 2.75) is 233 Å². The Hall–Kier alpha value is -1.58. The van der Waals surface area contributed by atoms with E-state index in [1.807, 2.05) is 20.8 Å². The van der Waals surface area contributed by atoms with Gasteiger partial charge in [0.1, 0.15) is 11.7 Å². The maximum atomic E-state index is 12.6. The molecule has 0 aliphatic rings. The summed E-state index contributed by atoms with van der Waals surface area (Å²) in [4.78, 5) is 25.1. The van der Waals surface area contributed by atoms with E-state index in [9.17, 15) is 9.59 Å². The molecule has 0 amide bonds. The first-order chi connectivity index (χ1) is 22.3. The Morgan fingerprint density at radius 2 is 0.870 bits per heavy atom. The molecule has 270 valence electrons. The quantitative estimate of drug-likeness (QED) is 0.0404. The summed E-state index contributed by atoms with van der Waals surface area (Å²) in [6.07, 6.45) is 42.8. The molecule has 0 aliphatic carbocycles. The molecule has 0 heterocycles. The molecule has 0 aromatic heterocycles. The van der Waals surface area contributed by atoms with Crippen LogP contribution in [0.25, 0.3) is 0 Å². The highest BCUT2D eigenvalue weighted by Gasteiger charge is 2.23. The summed E-state index contributed by atoms with van der Waals surface area (Å²) < 4.78 is 11.3. The molecule has 0 rings (SSSR count). The van der Waals surface area contributed by atoms with Gasteiger partial charge < -0.3 is 9.47 Å². The van der Waals surface area contributed by atoms with Crippen LogP contribution in [0.15, 0.2) is 24.3 Å². The summed E-state index contributed by atoms with van der Waals surface area (Å²) in [5.74, 6) is -0.446. The molecule has 46 heavy (non-hydrogen) atoms. The molecule has 0 aromatic carbocycles. The van der Waals surface area contributed by atoms with Crippen LogP contribution in [0, 0.1) is 0 Å². The number of unbranched alkanes of at least 4 members (excludes halogenated alkanes) is 22. The molecule has 1 unspecified atom stereocenters. The van der Waals surface area contributed by atoms with E-state index in [0.717, 1.165) is 38.5 Å². The average molecular weight is 647 g/mol. The third-order valence-electron chi connectivity index (χ3n) is 8.54. The first-order valence-corrected chi connectivity index (χ1v) is 20.0. The van der Waals surface area contributed by atoms with E-state index >= 15 is 0 Å². The highest BCUT2D eigenvalue weighted by atomic mass is 16.6. The topological polar surface area (TPSA) is 52.6 Å². The van der Waals surface area contributed by atoms with Gasteiger partial charge in [0.15, 0.2) is 0 Å². The number of carbonyl (C=O) groups is 2. The Balaban J connectivity index is 4.07. The van der Waals surface area contributed by atoms with E-state index in [-0.39, 0.29) is 24.5 Å². The van der Waals surface area contributed by atoms with E-state index in [0.29, 0.717) is 6.42 Å². The summed E-state index contributed by atoms with van der Waals surface area (Å²) in [7, 11) is 0. The lowest BCUT2D eigenvalue weighted by atomic mass is 10.0. The lowest BCUT2D eigenvalue weighted by molar-refractivity contribution is -0.161. The Morgan fingerprint density at radius 3 is 1.28 bits per heavy atom. The SMILES string of the molecule is CCCCCCCC/C=C/CCCCCCCC(=O)OC(CCCCCCC/C=C/CCCCCCCC)CC(=O)OC(C)(C)C. The number of hydrogen-bond acceptors (Lipinski definition) is 4. The fourth-order valence-corrected chi connectivity index (χ4v) is 5.80. The lowest BCUT2D eigenvalue weighted by Gasteiger charge is -2.22. The normalized spacial score (nSPS) is 12.7. The van der Waals surface area contributed by atoms with E-state index in [2.05, 4.69) is 38.2 Å². The lowest BCUT2D eigenvalue weighted by Crippen LogP contribution is -2.28. The Bertz CT molecular complexity index is 732. The first kappa shape index (κ1) is 44.4. The van der Waals surface area contributed by atoms with Crippen molar-refractivity contribution in [3.8, 4) is 0 Å². The minimum Gasteiger partial charge on any atom is -0.462 e. The van der Waals surface area contributed by atoms with Gasteiger partial charge >= 0.3 is 11.9 Å². The predicted molar refractivity (Wildman–Crippen MR) is 199 cm³/mol. The van der Waals surface area contributed by atoms with Gasteiger partial charge in [0.25, 0.3) is 0 Å². The molecule has 4 heteroatoms. The van der Waals surface area contributed by atoms with Crippen molar-refractivity contribution in [2.24, 2.45) is 0 Å². The Kier molecular flexibility index (Phi) is 32.2. The average Bonchev–Trinajstić information content (AvgIpc) is 3.00. The van der Waals surface area contributed by atoms with E-state index in [4.69, 9.17) is 9.47 Å². The number of ether oxygens (including phenoxy) is 2. The maximum absolute atomic E-state index is 12.6. The van der Waals surface area contributed by atoms with Crippen LogP contribution in [0.4, 0.5) is 0 Å². The van der Waals surface area contributed by atoms with Crippen LogP contribution in [0.3, 0.4) is 0 Å². The van der Waals surface area contributed by atoms with Crippen molar-refractivity contribution in [3.63, 3.8) is 0 Å². The summed E-state index contributed by atoms with van der Waals surface area (Å²) in [5, 5.41) is 0. The molecular weight excluding hydrogens is 568 g/mol. The van der Waals surface area contributed by atoms with Gasteiger partial charge in [-0.05, 0) is 91.4 Å². The molecule has 0 bridgehead atoms. The first-order valence-electron chi connectivity index (χ1n) is 20.0. The molecule has 0 aromatic rings. The van der Waals surface area contributed by atoms with Gasteiger partial charge in [-0.15, -0.1) is 0 Å². The number of carbonyl (C=O) groups excluding carboxylic acids is 2. The van der Waals surface area contributed by atoms with E-state index in [1.165, 1.54) is 135 Å². The zero-order valence-electron chi connectivity index (χ0n) is 31.5. The van der Waals surface area contributed by atoms with Crippen molar-refractivity contribution in [3.05, 3.63) is 24.3 Å². The number of allylic oxidation sites excluding steroid dienone is 4. The number of rotatable bonds is 33. The molecule has 0 saturated heterocycles. The minimum absolute atomic E-state index is 0.152. The van der Waals surface area contributed by atoms with Gasteiger partial charge in [0.2, 0.25) is 0 Å². The van der Waals surface area contributed by atoms with Crippen LogP contribution in [0.1, 0.15) is 221 Å². The maximum Gasteiger partial charge on any atom is 0.310 e. The van der Waals surface area contributed by atoms with Gasteiger partial charge in [-0.1, -0.05) is 141 Å². The zero-order chi connectivity index (χ0) is 34.0. The molecule has 0 fully saturated rings. The van der Waals surface area contributed by atoms with Gasteiger partial charge in [-0.3, -0.25) is 9.59 Å². The van der Waals surface area contributed by atoms with Crippen molar-refractivity contribution < 1.29 is 19.1 Å². The second-order valence-electron chi connectivity index (χ2n) is 14.6. The van der Waals surface area contributed by atoms with Crippen molar-refractivity contribution in [2.75, 3.05) is 0 Å². The van der Waals surface area contributed by atoms with Crippen molar-refractivity contribution in [1.29, 1.82) is 0 Å². The number of esters is 2. The summed E-state index contributed by atoms with van der Waals surface area (Å²) in [6, 6.07) is 0. The van der Waals surface area contributed by atoms with E-state index in [1.54, 1.807) is 0 Å². The van der Waals surface area contributed by atoms with Crippen LogP contribution in [0.2, 0.25) is 0 Å². The third-order valence-corrected chi connectivity index (χ3v) is 8.54. The smallest absolute Gasteiger partial charge is 0.310 e. The molecule has 0 N–H and O–H groups in total. The zero-order valence-corrected chi connectivity index (χ0v) is 31.5. The second-order valence-corrected chi connectivity index (χ2v) is 14.6. The molecule has 0 spiro atoms. The Morgan fingerprint density at radius 1 is 0.500 bits per heavy atom. The Labute approximate surface area is 287 Å². The van der Waals surface area contributed by atoms with Crippen LogP contribution in [-0.2, 0) is 19.1 Å². The fraction of sp³-hybridized carbons (Fsp3) is 0.857. The summed E-state index contributed by atoms with van der Waals surface area (Å²) in [6.45, 7) is 10.2. The highest BCUT2D eigenvalue weighted by molar-refractivity contribution is 5.72.